The number of H-pyrrole nitrogens is 1. The van der Waals surface area contributed by atoms with E-state index >= 15 is 0 Å². The minimum absolute atomic E-state index is 0.125. The standard InChI is InChI=1S/C19H15N3O4/c1-12-3-5-13(6-4-12)7-8-14-11-15(9-10-16(14)25-2)26-18-17(19(23)24)20-22-21-18/h3-6,9-11H,1-2H3,(H,23,24)(H,20,21,22). The first-order valence-corrected chi connectivity index (χ1v) is 7.65. The van der Waals surface area contributed by atoms with E-state index in [1.807, 2.05) is 31.2 Å². The number of aromatic amines is 1. The maximum absolute atomic E-state index is 11.1. The van der Waals surface area contributed by atoms with Gasteiger partial charge in [0, 0.05) is 11.6 Å². The van der Waals surface area contributed by atoms with Gasteiger partial charge < -0.3 is 14.6 Å². The lowest BCUT2D eigenvalue weighted by atomic mass is 10.1. The van der Waals surface area contributed by atoms with Crippen molar-refractivity contribution in [2.75, 3.05) is 7.11 Å². The second kappa shape index (κ2) is 7.40. The smallest absolute Gasteiger partial charge is 0.359 e. The molecule has 2 aromatic carbocycles. The van der Waals surface area contributed by atoms with Crippen molar-refractivity contribution in [3.05, 3.63) is 64.8 Å². The lowest BCUT2D eigenvalue weighted by molar-refractivity contribution is 0.0687. The van der Waals surface area contributed by atoms with Gasteiger partial charge in [0.25, 0.3) is 5.88 Å². The van der Waals surface area contributed by atoms with Crippen molar-refractivity contribution in [2.45, 2.75) is 6.92 Å². The number of nitrogens with zero attached hydrogens (tertiary/aromatic N) is 2. The molecule has 0 saturated carbocycles. The highest BCUT2D eigenvalue weighted by Gasteiger charge is 2.17. The Morgan fingerprint density at radius 2 is 1.92 bits per heavy atom. The van der Waals surface area contributed by atoms with Crippen molar-refractivity contribution in [1.29, 1.82) is 0 Å². The fourth-order valence-corrected chi connectivity index (χ4v) is 2.17. The zero-order chi connectivity index (χ0) is 18.5. The monoisotopic (exact) mass is 349 g/mol. The number of carbonyl (C=O) groups is 1. The maximum Gasteiger partial charge on any atom is 0.359 e. The molecule has 0 aliphatic rings. The molecule has 2 N–H and O–H groups in total. The van der Waals surface area contributed by atoms with Crippen molar-refractivity contribution >= 4 is 5.97 Å². The highest BCUT2D eigenvalue weighted by molar-refractivity contribution is 5.87. The number of carboxylic acid groups (broad SMARTS) is 1. The van der Waals surface area contributed by atoms with Gasteiger partial charge in [-0.1, -0.05) is 39.8 Å². The first kappa shape index (κ1) is 17.0. The fraction of sp³-hybridized carbons (Fsp3) is 0.105. The van der Waals surface area contributed by atoms with Gasteiger partial charge in [-0.05, 0) is 31.2 Å². The number of aromatic carboxylic acids is 1. The second-order valence-corrected chi connectivity index (χ2v) is 5.38. The molecular formula is C19H15N3O4. The highest BCUT2D eigenvalue weighted by atomic mass is 16.5. The Kier molecular flexibility index (Phi) is 4.85. The van der Waals surface area contributed by atoms with Crippen LogP contribution in [-0.4, -0.2) is 33.6 Å². The van der Waals surface area contributed by atoms with Gasteiger partial charge >= 0.3 is 5.97 Å². The number of carboxylic acids is 1. The molecule has 130 valence electrons. The summed E-state index contributed by atoms with van der Waals surface area (Å²) < 4.78 is 10.8. The molecule has 0 aliphatic carbocycles. The number of benzene rings is 2. The van der Waals surface area contributed by atoms with Gasteiger partial charge in [0.15, 0.2) is 0 Å². The van der Waals surface area contributed by atoms with E-state index in [0.29, 0.717) is 17.1 Å². The SMILES string of the molecule is COc1ccc(Oc2nn[nH]c2C(=O)O)cc1C#Cc1ccc(C)cc1. The average molecular weight is 349 g/mol. The largest absolute Gasteiger partial charge is 0.495 e. The molecule has 3 aromatic rings. The third kappa shape index (κ3) is 3.82. The van der Waals surface area contributed by atoms with Crippen LogP contribution in [0.25, 0.3) is 0 Å². The number of rotatable bonds is 4. The zero-order valence-electron chi connectivity index (χ0n) is 14.1. The second-order valence-electron chi connectivity index (χ2n) is 5.38. The quantitative estimate of drug-likeness (QED) is 0.703. The average Bonchev–Trinajstić information content (AvgIpc) is 3.10. The Bertz CT molecular complexity index is 998. The molecule has 7 nitrogen and oxygen atoms in total. The molecule has 7 heteroatoms. The minimum atomic E-state index is -1.21. The molecule has 0 spiro atoms. The first-order valence-electron chi connectivity index (χ1n) is 7.65. The molecule has 0 fully saturated rings. The molecule has 1 aromatic heterocycles. The Morgan fingerprint density at radius 3 is 2.62 bits per heavy atom. The molecule has 0 saturated heterocycles. The van der Waals surface area contributed by atoms with Crippen LogP contribution in [0, 0.1) is 18.8 Å². The number of ether oxygens (including phenoxy) is 2. The fourth-order valence-electron chi connectivity index (χ4n) is 2.17. The third-order valence-electron chi connectivity index (χ3n) is 3.51. The summed E-state index contributed by atoms with van der Waals surface area (Å²) >= 11 is 0. The summed E-state index contributed by atoms with van der Waals surface area (Å²) in [5, 5.41) is 18.4. The van der Waals surface area contributed by atoms with Crippen LogP contribution in [0.3, 0.4) is 0 Å². The Balaban J connectivity index is 1.91. The van der Waals surface area contributed by atoms with Crippen LogP contribution in [0.4, 0.5) is 0 Å². The predicted octanol–water partition coefficient (Wildman–Crippen LogP) is 3.01. The van der Waals surface area contributed by atoms with Gasteiger partial charge in [-0.2, -0.15) is 0 Å². The van der Waals surface area contributed by atoms with Crippen molar-refractivity contribution in [3.8, 4) is 29.2 Å². The number of aryl methyl sites for hydroxylation is 1. The van der Waals surface area contributed by atoms with E-state index in [1.54, 1.807) is 25.3 Å². The van der Waals surface area contributed by atoms with Gasteiger partial charge in [0.05, 0.1) is 12.7 Å². The third-order valence-corrected chi connectivity index (χ3v) is 3.51. The summed E-state index contributed by atoms with van der Waals surface area (Å²) in [5.74, 6) is 5.72. The van der Waals surface area contributed by atoms with E-state index < -0.39 is 5.97 Å². The first-order chi connectivity index (χ1) is 12.6. The Labute approximate surface area is 149 Å². The van der Waals surface area contributed by atoms with E-state index in [-0.39, 0.29) is 11.6 Å². The van der Waals surface area contributed by atoms with Crippen LogP contribution >= 0.6 is 0 Å². The van der Waals surface area contributed by atoms with E-state index in [9.17, 15) is 4.79 Å². The van der Waals surface area contributed by atoms with Gasteiger partial charge in [0.2, 0.25) is 5.69 Å². The van der Waals surface area contributed by atoms with Gasteiger partial charge in [-0.25, -0.2) is 9.89 Å². The summed E-state index contributed by atoms with van der Waals surface area (Å²) in [6.45, 7) is 2.01. The topological polar surface area (TPSA) is 97.3 Å². The van der Waals surface area contributed by atoms with Crippen LogP contribution in [0.15, 0.2) is 42.5 Å². The normalized spacial score (nSPS) is 9.92. The van der Waals surface area contributed by atoms with Crippen molar-refractivity contribution in [3.63, 3.8) is 0 Å². The van der Waals surface area contributed by atoms with Crippen LogP contribution in [0.5, 0.6) is 17.4 Å². The number of hydrogen-bond acceptors (Lipinski definition) is 5. The van der Waals surface area contributed by atoms with Crippen LogP contribution < -0.4 is 9.47 Å². The summed E-state index contributed by atoms with van der Waals surface area (Å²) in [6.07, 6.45) is 0. The zero-order valence-corrected chi connectivity index (χ0v) is 14.1. The molecule has 26 heavy (non-hydrogen) atoms. The number of methoxy groups -OCH3 is 1. The summed E-state index contributed by atoms with van der Waals surface area (Å²) in [5.41, 5.74) is 2.40. The number of nitrogens with one attached hydrogen (secondary N) is 1. The number of hydrogen-bond donors (Lipinski definition) is 2. The van der Waals surface area contributed by atoms with Gasteiger partial charge in [-0.3, -0.25) is 0 Å². The molecule has 0 amide bonds. The summed E-state index contributed by atoms with van der Waals surface area (Å²) in [6, 6.07) is 12.8. The highest BCUT2D eigenvalue weighted by Crippen LogP contribution is 2.27. The Morgan fingerprint density at radius 1 is 1.15 bits per heavy atom. The molecule has 0 atom stereocenters. The molecule has 0 bridgehead atoms. The van der Waals surface area contributed by atoms with Crippen LogP contribution in [0.2, 0.25) is 0 Å². The van der Waals surface area contributed by atoms with E-state index in [0.717, 1.165) is 11.1 Å². The summed E-state index contributed by atoms with van der Waals surface area (Å²) in [4.78, 5) is 11.1. The van der Waals surface area contributed by atoms with E-state index in [1.165, 1.54) is 0 Å². The van der Waals surface area contributed by atoms with Crippen LogP contribution in [-0.2, 0) is 0 Å². The molecular weight excluding hydrogens is 334 g/mol. The molecule has 0 aliphatic heterocycles. The lowest BCUT2D eigenvalue weighted by Gasteiger charge is -2.07. The Hall–Kier alpha value is -3.79. The molecule has 3 rings (SSSR count). The van der Waals surface area contributed by atoms with Gasteiger partial charge in [0.1, 0.15) is 11.5 Å². The van der Waals surface area contributed by atoms with E-state index in [4.69, 9.17) is 14.6 Å². The maximum atomic E-state index is 11.1. The minimum Gasteiger partial charge on any atom is -0.495 e. The predicted molar refractivity (Wildman–Crippen MR) is 93.6 cm³/mol. The number of aromatic nitrogens is 3. The van der Waals surface area contributed by atoms with Crippen molar-refractivity contribution in [1.82, 2.24) is 15.4 Å². The van der Waals surface area contributed by atoms with Gasteiger partial charge in [-0.15, -0.1) is 0 Å². The van der Waals surface area contributed by atoms with Crippen molar-refractivity contribution < 1.29 is 19.4 Å². The molecule has 0 unspecified atom stereocenters. The van der Waals surface area contributed by atoms with Crippen LogP contribution in [0.1, 0.15) is 27.2 Å². The summed E-state index contributed by atoms with van der Waals surface area (Å²) in [7, 11) is 1.55. The van der Waals surface area contributed by atoms with E-state index in [2.05, 4.69) is 27.3 Å². The molecule has 0 radical (unpaired) electrons. The lowest BCUT2D eigenvalue weighted by Crippen LogP contribution is -2.00. The molecule has 1 heterocycles. The van der Waals surface area contributed by atoms with Crippen molar-refractivity contribution in [2.24, 2.45) is 0 Å².